The molecular weight excluding hydrogens is 218 g/mol. The molecular formula is C12H21N3O2. The number of rotatable bonds is 5. The van der Waals surface area contributed by atoms with Gasteiger partial charge < -0.3 is 15.0 Å². The van der Waals surface area contributed by atoms with E-state index in [0.29, 0.717) is 11.7 Å². The van der Waals surface area contributed by atoms with E-state index in [1.165, 1.54) is 0 Å². The van der Waals surface area contributed by atoms with Gasteiger partial charge in [-0.1, -0.05) is 19.0 Å². The summed E-state index contributed by atoms with van der Waals surface area (Å²) in [5.74, 6) is 1.26. The molecule has 1 aliphatic heterocycles. The molecule has 1 aliphatic rings. The number of nitrogens with two attached hydrogens (primary N) is 1. The van der Waals surface area contributed by atoms with Gasteiger partial charge in [0, 0.05) is 13.0 Å². The number of hydrogen-bond donors (Lipinski definition) is 1. The summed E-state index contributed by atoms with van der Waals surface area (Å²) in [6, 6.07) is 0. The van der Waals surface area contributed by atoms with Crippen molar-refractivity contribution in [2.75, 3.05) is 6.61 Å². The van der Waals surface area contributed by atoms with Crippen LogP contribution in [0.15, 0.2) is 4.52 Å². The zero-order valence-electron chi connectivity index (χ0n) is 10.6. The van der Waals surface area contributed by atoms with Crippen LogP contribution < -0.4 is 5.73 Å². The number of ether oxygens (including phenoxy) is 1. The Morgan fingerprint density at radius 1 is 1.41 bits per heavy atom. The van der Waals surface area contributed by atoms with Crippen LogP contribution in [0.4, 0.5) is 0 Å². The predicted octanol–water partition coefficient (Wildman–Crippen LogP) is 1.77. The Morgan fingerprint density at radius 3 is 2.76 bits per heavy atom. The van der Waals surface area contributed by atoms with Crippen LogP contribution in [0.1, 0.15) is 51.2 Å². The molecule has 1 aromatic rings. The molecule has 1 unspecified atom stereocenters. The summed E-state index contributed by atoms with van der Waals surface area (Å²) in [5, 5.41) is 4.00. The maximum Gasteiger partial charge on any atom is 0.246 e. The third-order valence-corrected chi connectivity index (χ3v) is 3.59. The lowest BCUT2D eigenvalue weighted by Crippen LogP contribution is -2.35. The summed E-state index contributed by atoms with van der Waals surface area (Å²) in [6.07, 6.45) is 4.78. The summed E-state index contributed by atoms with van der Waals surface area (Å²) < 4.78 is 10.8. The van der Waals surface area contributed by atoms with Crippen LogP contribution in [0.3, 0.4) is 0 Å². The second-order valence-electron chi connectivity index (χ2n) is 4.72. The third-order valence-electron chi connectivity index (χ3n) is 3.59. The Balaban J connectivity index is 2.04. The van der Waals surface area contributed by atoms with Crippen LogP contribution in [-0.2, 0) is 16.7 Å². The van der Waals surface area contributed by atoms with Gasteiger partial charge in [-0.15, -0.1) is 0 Å². The normalized spacial score (nSPS) is 21.0. The van der Waals surface area contributed by atoms with Gasteiger partial charge in [0.2, 0.25) is 5.89 Å². The molecule has 2 rings (SSSR count). The Morgan fingerprint density at radius 2 is 2.18 bits per heavy atom. The minimum absolute atomic E-state index is 0.246. The molecule has 1 aromatic heterocycles. The van der Waals surface area contributed by atoms with E-state index < -0.39 is 5.54 Å². The van der Waals surface area contributed by atoms with Crippen LogP contribution in [-0.4, -0.2) is 22.9 Å². The van der Waals surface area contributed by atoms with Crippen molar-refractivity contribution >= 4 is 0 Å². The van der Waals surface area contributed by atoms with Gasteiger partial charge in [0.1, 0.15) is 0 Å². The van der Waals surface area contributed by atoms with E-state index in [-0.39, 0.29) is 6.10 Å². The molecule has 0 bridgehead atoms. The highest BCUT2D eigenvalue weighted by Gasteiger charge is 2.30. The van der Waals surface area contributed by atoms with Crippen LogP contribution in [0.2, 0.25) is 0 Å². The van der Waals surface area contributed by atoms with Crippen molar-refractivity contribution in [2.24, 2.45) is 5.73 Å². The Bertz CT molecular complexity index is 354. The summed E-state index contributed by atoms with van der Waals surface area (Å²) in [5.41, 5.74) is 5.73. The Labute approximate surface area is 102 Å². The van der Waals surface area contributed by atoms with Crippen LogP contribution in [0.25, 0.3) is 0 Å². The summed E-state index contributed by atoms with van der Waals surface area (Å²) in [4.78, 5) is 4.40. The highest BCUT2D eigenvalue weighted by molar-refractivity contribution is 5.02. The maximum atomic E-state index is 6.21. The van der Waals surface area contributed by atoms with Crippen molar-refractivity contribution in [1.82, 2.24) is 10.1 Å². The van der Waals surface area contributed by atoms with E-state index in [4.69, 9.17) is 15.0 Å². The van der Waals surface area contributed by atoms with Crippen molar-refractivity contribution in [1.29, 1.82) is 0 Å². The highest BCUT2D eigenvalue weighted by Crippen LogP contribution is 2.24. The Kier molecular flexibility index (Phi) is 3.79. The number of hydrogen-bond acceptors (Lipinski definition) is 5. The zero-order valence-corrected chi connectivity index (χ0v) is 10.6. The van der Waals surface area contributed by atoms with Gasteiger partial charge in [0.25, 0.3) is 0 Å². The topological polar surface area (TPSA) is 74.2 Å². The SMILES string of the molecule is CCC(N)(CC)c1nc(CC2CCCO2)no1. The highest BCUT2D eigenvalue weighted by atomic mass is 16.5. The molecule has 2 N–H and O–H groups in total. The van der Waals surface area contributed by atoms with Gasteiger partial charge >= 0.3 is 0 Å². The fourth-order valence-corrected chi connectivity index (χ4v) is 2.10. The van der Waals surface area contributed by atoms with Crippen molar-refractivity contribution in [3.05, 3.63) is 11.7 Å². The smallest absolute Gasteiger partial charge is 0.246 e. The molecule has 1 saturated heterocycles. The largest absolute Gasteiger partial charge is 0.378 e. The van der Waals surface area contributed by atoms with E-state index >= 15 is 0 Å². The van der Waals surface area contributed by atoms with Crippen molar-refractivity contribution < 1.29 is 9.26 Å². The van der Waals surface area contributed by atoms with Gasteiger partial charge in [0.15, 0.2) is 5.82 Å². The third kappa shape index (κ3) is 2.66. The predicted molar refractivity (Wildman–Crippen MR) is 63.4 cm³/mol. The second-order valence-corrected chi connectivity index (χ2v) is 4.72. The summed E-state index contributed by atoms with van der Waals surface area (Å²) in [7, 11) is 0. The molecule has 17 heavy (non-hydrogen) atoms. The van der Waals surface area contributed by atoms with E-state index in [1.807, 2.05) is 13.8 Å². The molecule has 5 nitrogen and oxygen atoms in total. The molecule has 5 heteroatoms. The van der Waals surface area contributed by atoms with Gasteiger partial charge in [-0.2, -0.15) is 4.98 Å². The molecule has 0 radical (unpaired) electrons. The average Bonchev–Trinajstić information content (AvgIpc) is 3.00. The van der Waals surface area contributed by atoms with Crippen molar-refractivity contribution in [3.8, 4) is 0 Å². The first-order valence-corrected chi connectivity index (χ1v) is 6.41. The summed E-state index contributed by atoms with van der Waals surface area (Å²) >= 11 is 0. The molecule has 0 spiro atoms. The zero-order chi connectivity index (χ0) is 12.3. The standard InChI is InChI=1S/C12H21N3O2/c1-3-12(13,4-2)11-14-10(15-17-11)8-9-6-5-7-16-9/h9H,3-8,13H2,1-2H3. The van der Waals surface area contributed by atoms with E-state index in [2.05, 4.69) is 10.1 Å². The fraction of sp³-hybridized carbons (Fsp3) is 0.833. The first-order chi connectivity index (χ1) is 8.18. The minimum Gasteiger partial charge on any atom is -0.378 e. The van der Waals surface area contributed by atoms with Gasteiger partial charge in [0.05, 0.1) is 11.6 Å². The van der Waals surface area contributed by atoms with Crippen LogP contribution in [0, 0.1) is 0 Å². The molecule has 1 atom stereocenters. The lowest BCUT2D eigenvalue weighted by atomic mass is 9.94. The van der Waals surface area contributed by atoms with E-state index in [1.54, 1.807) is 0 Å². The lowest BCUT2D eigenvalue weighted by Gasteiger charge is -2.20. The number of nitrogens with zero attached hydrogens (tertiary/aromatic N) is 2. The molecule has 96 valence electrons. The summed E-state index contributed by atoms with van der Waals surface area (Å²) in [6.45, 7) is 4.92. The van der Waals surface area contributed by atoms with Crippen LogP contribution >= 0.6 is 0 Å². The molecule has 0 aromatic carbocycles. The van der Waals surface area contributed by atoms with Gasteiger partial charge in [-0.25, -0.2) is 0 Å². The minimum atomic E-state index is -0.484. The van der Waals surface area contributed by atoms with E-state index in [9.17, 15) is 0 Å². The van der Waals surface area contributed by atoms with Gasteiger partial charge in [-0.05, 0) is 25.7 Å². The first kappa shape index (κ1) is 12.5. The molecule has 0 amide bonds. The molecule has 2 heterocycles. The quantitative estimate of drug-likeness (QED) is 0.847. The molecule has 0 aliphatic carbocycles. The lowest BCUT2D eigenvalue weighted by molar-refractivity contribution is 0.109. The maximum absolute atomic E-state index is 6.21. The van der Waals surface area contributed by atoms with Crippen LogP contribution in [0.5, 0.6) is 0 Å². The number of aromatic nitrogens is 2. The monoisotopic (exact) mass is 239 g/mol. The average molecular weight is 239 g/mol. The fourth-order valence-electron chi connectivity index (χ4n) is 2.10. The van der Waals surface area contributed by atoms with Crippen molar-refractivity contribution in [2.45, 2.75) is 57.6 Å². The molecule has 1 fully saturated rings. The van der Waals surface area contributed by atoms with E-state index in [0.717, 1.165) is 38.7 Å². The van der Waals surface area contributed by atoms with Gasteiger partial charge in [-0.3, -0.25) is 0 Å². The Hall–Kier alpha value is -0.940. The van der Waals surface area contributed by atoms with Crippen molar-refractivity contribution in [3.63, 3.8) is 0 Å². The molecule has 0 saturated carbocycles. The first-order valence-electron chi connectivity index (χ1n) is 6.41. The second kappa shape index (κ2) is 5.14.